The van der Waals surface area contributed by atoms with Gasteiger partial charge in [-0.15, -0.1) is 0 Å². The molecule has 0 atom stereocenters. The second-order valence-electron chi connectivity index (χ2n) is 5.56. The van der Waals surface area contributed by atoms with Crippen LogP contribution in [-0.4, -0.2) is 5.97 Å². The third-order valence-electron chi connectivity index (χ3n) is 3.34. The van der Waals surface area contributed by atoms with Crippen molar-refractivity contribution in [2.75, 3.05) is 0 Å². The normalized spacial score (nSPS) is 12.5. The molecule has 0 rings (SSSR count). The number of hydrogen-bond donors (Lipinski definition) is 0. The van der Waals surface area contributed by atoms with Gasteiger partial charge in [0.2, 0.25) is 0 Å². The maximum Gasteiger partial charge on any atom is 1.00 e. The third kappa shape index (κ3) is 24.9. The van der Waals surface area contributed by atoms with Gasteiger partial charge < -0.3 is 9.90 Å². The maximum absolute atomic E-state index is 10.1. The Morgan fingerprint density at radius 2 is 1.12 bits per heavy atom. The van der Waals surface area contributed by atoms with Crippen LogP contribution in [0.5, 0.6) is 0 Å². The van der Waals surface area contributed by atoms with E-state index in [1.54, 1.807) is 12.2 Å². The van der Waals surface area contributed by atoms with Gasteiger partial charge in [0.15, 0.2) is 0 Å². The van der Waals surface area contributed by atoms with E-state index in [-0.39, 0.29) is 18.9 Å². The van der Waals surface area contributed by atoms with Gasteiger partial charge >= 0.3 is 18.9 Å². The molecular weight excluding hydrogens is 303 g/mol. The fraction of sp³-hybridized carbons (Fsp3) is 0.409. The van der Waals surface area contributed by atoms with Crippen molar-refractivity contribution < 1.29 is 28.8 Å². The summed E-state index contributed by atoms with van der Waals surface area (Å²) >= 11 is 0. The van der Waals surface area contributed by atoms with Gasteiger partial charge in [-0.25, -0.2) is 0 Å². The third-order valence-corrected chi connectivity index (χ3v) is 3.34. The summed E-state index contributed by atoms with van der Waals surface area (Å²) in [4.78, 5) is 10.1. The van der Waals surface area contributed by atoms with Crippen molar-refractivity contribution in [3.8, 4) is 0 Å². The first-order chi connectivity index (χ1) is 11.8. The number of rotatable bonds is 14. The summed E-state index contributed by atoms with van der Waals surface area (Å²) in [6.07, 6.45) is 32.4. The van der Waals surface area contributed by atoms with Gasteiger partial charge in [0, 0.05) is 0 Å². The van der Waals surface area contributed by atoms with Crippen LogP contribution in [0.1, 0.15) is 58.3 Å². The van der Waals surface area contributed by atoms with Crippen LogP contribution in [0.15, 0.2) is 72.9 Å². The van der Waals surface area contributed by atoms with Gasteiger partial charge in [0.25, 0.3) is 0 Å². The van der Waals surface area contributed by atoms with Crippen molar-refractivity contribution in [2.24, 2.45) is 0 Å². The summed E-state index contributed by atoms with van der Waals surface area (Å²) in [5.74, 6) is -1.19. The Bertz CT molecular complexity index is 468. The van der Waals surface area contributed by atoms with E-state index in [0.717, 1.165) is 12.5 Å². The molecule has 25 heavy (non-hydrogen) atoms. The predicted octanol–water partition coefficient (Wildman–Crippen LogP) is 2.22. The molecule has 0 bridgehead atoms. The molecule has 0 saturated heterocycles. The summed E-state index contributed by atoms with van der Waals surface area (Å²) in [6, 6.07) is 0. The molecular formula is C22H31LiO2. The number of aliphatic carboxylic acids is 1. The number of carboxylic acids is 1. The summed E-state index contributed by atoms with van der Waals surface area (Å²) in [5, 5.41) is 10.1. The average Bonchev–Trinajstić information content (AvgIpc) is 2.56. The summed E-state index contributed by atoms with van der Waals surface area (Å²) in [7, 11) is 0. The molecule has 0 aromatic heterocycles. The molecule has 0 amide bonds. The Morgan fingerprint density at radius 1 is 0.680 bits per heavy atom. The minimum atomic E-state index is -1.19. The van der Waals surface area contributed by atoms with Crippen molar-refractivity contribution in [3.05, 3.63) is 72.9 Å². The largest absolute Gasteiger partial charge is 1.00 e. The van der Waals surface area contributed by atoms with E-state index in [1.807, 2.05) is 36.5 Å². The fourth-order valence-electron chi connectivity index (χ4n) is 2.04. The van der Waals surface area contributed by atoms with E-state index in [2.05, 4.69) is 19.1 Å². The minimum Gasteiger partial charge on any atom is -0.545 e. The van der Waals surface area contributed by atoms with Crippen LogP contribution in [0, 0.1) is 0 Å². The summed E-state index contributed by atoms with van der Waals surface area (Å²) in [6.45, 7) is 2.25. The van der Waals surface area contributed by atoms with Crippen LogP contribution in [0.4, 0.5) is 0 Å². The minimum absolute atomic E-state index is 0. The van der Waals surface area contributed by atoms with Gasteiger partial charge in [0.1, 0.15) is 0 Å². The SMILES string of the molecule is CCCCCCCCCC=CC=CC=CC=CC=CC=CC(=O)[O-].[Li+]. The van der Waals surface area contributed by atoms with Crippen molar-refractivity contribution in [3.63, 3.8) is 0 Å². The zero-order valence-corrected chi connectivity index (χ0v) is 15.9. The van der Waals surface area contributed by atoms with Crippen molar-refractivity contribution >= 4 is 5.97 Å². The molecule has 2 nitrogen and oxygen atoms in total. The van der Waals surface area contributed by atoms with Crippen LogP contribution < -0.4 is 24.0 Å². The molecule has 0 aromatic carbocycles. The standard InChI is InChI=1S/C22H32O2.Li/c1-2-3-4-5-6-7-8-9-10-11-12-13-14-15-16-17-18-19-20-21-22(23)24;/h10-21H,2-9H2,1H3,(H,23,24);/q;+1/p-1. The van der Waals surface area contributed by atoms with Gasteiger partial charge in [-0.1, -0.05) is 112 Å². The van der Waals surface area contributed by atoms with E-state index in [1.165, 1.54) is 51.0 Å². The zero-order chi connectivity index (χ0) is 17.7. The molecule has 0 spiro atoms. The Hall–Kier alpha value is -1.49. The smallest absolute Gasteiger partial charge is 0.545 e. The van der Waals surface area contributed by atoms with Gasteiger partial charge in [-0.3, -0.25) is 0 Å². The Kier molecular flexibility index (Phi) is 23.2. The first kappa shape index (κ1) is 25.7. The molecule has 0 N–H and O–H groups in total. The zero-order valence-electron chi connectivity index (χ0n) is 15.9. The van der Waals surface area contributed by atoms with E-state index in [4.69, 9.17) is 0 Å². The second-order valence-corrected chi connectivity index (χ2v) is 5.56. The maximum atomic E-state index is 10.1. The second kappa shape index (κ2) is 22.5. The Labute approximate surface area is 166 Å². The summed E-state index contributed by atoms with van der Waals surface area (Å²) in [5.41, 5.74) is 0. The molecule has 0 saturated carbocycles. The predicted molar refractivity (Wildman–Crippen MR) is 102 cm³/mol. The molecule has 132 valence electrons. The Morgan fingerprint density at radius 3 is 1.64 bits per heavy atom. The number of carbonyl (C=O) groups is 1. The first-order valence-electron chi connectivity index (χ1n) is 8.98. The Balaban J connectivity index is 0. The molecule has 0 radical (unpaired) electrons. The molecule has 0 aliphatic carbocycles. The monoisotopic (exact) mass is 334 g/mol. The topological polar surface area (TPSA) is 40.1 Å². The molecule has 0 aliphatic rings. The van der Waals surface area contributed by atoms with Gasteiger partial charge in [-0.2, -0.15) is 0 Å². The molecule has 0 heterocycles. The first-order valence-corrected chi connectivity index (χ1v) is 8.98. The van der Waals surface area contributed by atoms with E-state index in [0.29, 0.717) is 0 Å². The van der Waals surface area contributed by atoms with Crippen LogP contribution in [-0.2, 0) is 4.79 Å². The van der Waals surface area contributed by atoms with Crippen LogP contribution in [0.25, 0.3) is 0 Å². The van der Waals surface area contributed by atoms with Crippen LogP contribution >= 0.6 is 0 Å². The number of allylic oxidation sites excluding steroid dienone is 11. The fourth-order valence-corrected chi connectivity index (χ4v) is 2.04. The van der Waals surface area contributed by atoms with Crippen molar-refractivity contribution in [1.29, 1.82) is 0 Å². The van der Waals surface area contributed by atoms with E-state index < -0.39 is 5.97 Å². The average molecular weight is 334 g/mol. The molecule has 0 aromatic rings. The van der Waals surface area contributed by atoms with Crippen LogP contribution in [0.3, 0.4) is 0 Å². The van der Waals surface area contributed by atoms with Crippen molar-refractivity contribution in [2.45, 2.75) is 58.3 Å². The molecule has 0 unspecified atom stereocenters. The number of carboxylic acid groups (broad SMARTS) is 1. The van der Waals surface area contributed by atoms with E-state index >= 15 is 0 Å². The van der Waals surface area contributed by atoms with Gasteiger partial charge in [-0.05, 0) is 18.9 Å². The van der Waals surface area contributed by atoms with E-state index in [9.17, 15) is 9.90 Å². The van der Waals surface area contributed by atoms with Crippen LogP contribution in [0.2, 0.25) is 0 Å². The quantitative estimate of drug-likeness (QED) is 0.211. The molecule has 3 heteroatoms. The number of hydrogen-bond acceptors (Lipinski definition) is 2. The number of carbonyl (C=O) groups excluding carboxylic acids is 1. The molecule has 0 fully saturated rings. The van der Waals surface area contributed by atoms with Crippen molar-refractivity contribution in [1.82, 2.24) is 0 Å². The number of unbranched alkanes of at least 4 members (excludes halogenated alkanes) is 7. The molecule has 0 aliphatic heterocycles. The summed E-state index contributed by atoms with van der Waals surface area (Å²) < 4.78 is 0. The van der Waals surface area contributed by atoms with Gasteiger partial charge in [0.05, 0.1) is 5.97 Å².